The summed E-state index contributed by atoms with van der Waals surface area (Å²) in [6, 6.07) is 15.4. The number of imidazole rings is 1. The normalized spacial score (nSPS) is 15.0. The van der Waals surface area contributed by atoms with E-state index < -0.39 is 0 Å². The lowest BCUT2D eigenvalue weighted by Gasteiger charge is -2.22. The highest BCUT2D eigenvalue weighted by Crippen LogP contribution is 2.25. The number of amides is 1. The molecule has 0 aliphatic carbocycles. The average molecular weight is 335 g/mol. The average Bonchev–Trinajstić information content (AvgIpc) is 3.15. The number of aromatic amines is 1. The Kier molecular flexibility index (Phi) is 4.08. The van der Waals surface area contributed by atoms with Crippen molar-refractivity contribution in [1.29, 1.82) is 0 Å². The first-order valence-electron chi connectivity index (χ1n) is 8.05. The molecule has 0 saturated heterocycles. The number of hydrogen-bond donors (Lipinski definition) is 2. The molecule has 126 valence electrons. The molecule has 0 radical (unpaired) electrons. The lowest BCUT2D eigenvalue weighted by atomic mass is 9.98. The third-order valence-corrected chi connectivity index (χ3v) is 4.06. The van der Waals surface area contributed by atoms with Gasteiger partial charge in [-0.25, -0.2) is 4.98 Å². The van der Waals surface area contributed by atoms with Crippen LogP contribution in [0.2, 0.25) is 0 Å². The van der Waals surface area contributed by atoms with Crippen molar-refractivity contribution in [2.45, 2.75) is 6.04 Å². The molecule has 25 heavy (non-hydrogen) atoms. The van der Waals surface area contributed by atoms with Crippen molar-refractivity contribution < 1.29 is 14.3 Å². The van der Waals surface area contributed by atoms with E-state index >= 15 is 0 Å². The fraction of sp³-hybridized carbons (Fsp3) is 0.158. The lowest BCUT2D eigenvalue weighted by Crippen LogP contribution is -2.32. The molecule has 0 unspecified atom stereocenters. The molecule has 2 aromatic carbocycles. The predicted molar refractivity (Wildman–Crippen MR) is 92.5 cm³/mol. The molecular formula is C19H17N3O3. The van der Waals surface area contributed by atoms with Gasteiger partial charge in [-0.05, 0) is 23.3 Å². The number of hydrogen-bond acceptors (Lipinski definition) is 4. The van der Waals surface area contributed by atoms with Crippen LogP contribution in [-0.4, -0.2) is 29.1 Å². The second kappa shape index (κ2) is 6.68. The summed E-state index contributed by atoms with van der Waals surface area (Å²) >= 11 is 0. The van der Waals surface area contributed by atoms with Crippen molar-refractivity contribution in [2.24, 2.45) is 0 Å². The van der Waals surface area contributed by atoms with Gasteiger partial charge in [-0.1, -0.05) is 36.4 Å². The van der Waals surface area contributed by atoms with E-state index in [0.29, 0.717) is 13.2 Å². The van der Waals surface area contributed by atoms with Crippen LogP contribution in [0.5, 0.6) is 0 Å². The van der Waals surface area contributed by atoms with Gasteiger partial charge in [0, 0.05) is 0 Å². The molecule has 0 spiro atoms. The van der Waals surface area contributed by atoms with Gasteiger partial charge in [-0.3, -0.25) is 4.79 Å². The topological polar surface area (TPSA) is 76.2 Å². The highest BCUT2D eigenvalue weighted by molar-refractivity contribution is 5.92. The van der Waals surface area contributed by atoms with Gasteiger partial charge in [0.1, 0.15) is 19.5 Å². The van der Waals surface area contributed by atoms with Crippen molar-refractivity contribution in [3.05, 3.63) is 78.0 Å². The second-order valence-corrected chi connectivity index (χ2v) is 5.70. The van der Waals surface area contributed by atoms with E-state index in [1.807, 2.05) is 48.5 Å². The maximum Gasteiger partial charge on any atom is 0.290 e. The van der Waals surface area contributed by atoms with Gasteiger partial charge in [-0.2, -0.15) is 0 Å². The van der Waals surface area contributed by atoms with Crippen molar-refractivity contribution in [3.8, 4) is 0 Å². The molecular weight excluding hydrogens is 318 g/mol. The number of fused-ring (bicyclic) bond motifs is 1. The van der Waals surface area contributed by atoms with E-state index in [2.05, 4.69) is 15.3 Å². The van der Waals surface area contributed by atoms with Crippen molar-refractivity contribution in [2.75, 3.05) is 13.2 Å². The van der Waals surface area contributed by atoms with Gasteiger partial charge < -0.3 is 19.8 Å². The Labute approximate surface area is 144 Å². The first kappa shape index (κ1) is 15.3. The van der Waals surface area contributed by atoms with Crippen LogP contribution in [0.1, 0.15) is 17.2 Å². The first-order valence-corrected chi connectivity index (χ1v) is 8.05. The van der Waals surface area contributed by atoms with E-state index in [1.165, 1.54) is 6.26 Å². The summed E-state index contributed by atoms with van der Waals surface area (Å²) in [5, 5.41) is 3.03. The molecule has 1 amide bonds. The van der Waals surface area contributed by atoms with Gasteiger partial charge in [0.25, 0.3) is 5.91 Å². The molecule has 3 aromatic rings. The largest absolute Gasteiger partial charge is 0.494 e. The lowest BCUT2D eigenvalue weighted by molar-refractivity contribution is -0.122. The Morgan fingerprint density at radius 3 is 2.80 bits per heavy atom. The van der Waals surface area contributed by atoms with Gasteiger partial charge >= 0.3 is 0 Å². The van der Waals surface area contributed by atoms with E-state index in [1.54, 1.807) is 6.33 Å². The fourth-order valence-electron chi connectivity index (χ4n) is 2.83. The summed E-state index contributed by atoms with van der Waals surface area (Å²) in [5.74, 6) is -0.118. The highest BCUT2D eigenvalue weighted by Gasteiger charge is 2.22. The number of carbonyl (C=O) groups is 1. The van der Waals surface area contributed by atoms with Crippen molar-refractivity contribution >= 4 is 16.9 Å². The Hall–Kier alpha value is -3.28. The molecule has 6 nitrogen and oxygen atoms in total. The van der Waals surface area contributed by atoms with Gasteiger partial charge in [0.15, 0.2) is 0 Å². The molecule has 1 aliphatic heterocycles. The van der Waals surface area contributed by atoms with Crippen LogP contribution in [0, 0.1) is 0 Å². The quantitative estimate of drug-likeness (QED) is 0.768. The third kappa shape index (κ3) is 3.19. The summed E-state index contributed by atoms with van der Waals surface area (Å²) < 4.78 is 10.6. The van der Waals surface area contributed by atoms with E-state index in [-0.39, 0.29) is 17.7 Å². The predicted octanol–water partition coefficient (Wildman–Crippen LogP) is 2.66. The van der Waals surface area contributed by atoms with Crippen molar-refractivity contribution in [1.82, 2.24) is 15.3 Å². The zero-order valence-corrected chi connectivity index (χ0v) is 13.4. The molecule has 2 N–H and O–H groups in total. The number of ether oxygens (including phenoxy) is 2. The molecule has 0 saturated carbocycles. The third-order valence-electron chi connectivity index (χ3n) is 4.06. The maximum atomic E-state index is 12.6. The SMILES string of the molecule is O=C(N[C@H](c1ccccc1)c1ccc2nc[nH]c2c1)C1=COCCO1. The number of H-pyrrole nitrogens is 1. The van der Waals surface area contributed by atoms with E-state index in [0.717, 1.165) is 22.2 Å². The minimum Gasteiger partial charge on any atom is -0.494 e. The Morgan fingerprint density at radius 2 is 2.00 bits per heavy atom. The number of benzene rings is 2. The van der Waals surface area contributed by atoms with Crippen LogP contribution in [0.15, 0.2) is 66.9 Å². The zero-order chi connectivity index (χ0) is 17.1. The van der Waals surface area contributed by atoms with Gasteiger partial charge in [0.05, 0.1) is 23.4 Å². The highest BCUT2D eigenvalue weighted by atomic mass is 16.6. The molecule has 1 aliphatic rings. The Bertz CT molecular complexity index is 918. The number of nitrogens with zero attached hydrogens (tertiary/aromatic N) is 1. The van der Waals surface area contributed by atoms with Crippen LogP contribution in [0.4, 0.5) is 0 Å². The molecule has 0 bridgehead atoms. The maximum absolute atomic E-state index is 12.6. The molecule has 2 heterocycles. The van der Waals surface area contributed by atoms with Crippen molar-refractivity contribution in [3.63, 3.8) is 0 Å². The van der Waals surface area contributed by atoms with Crippen LogP contribution in [0.3, 0.4) is 0 Å². The monoisotopic (exact) mass is 335 g/mol. The summed E-state index contributed by atoms with van der Waals surface area (Å²) in [6.07, 6.45) is 3.02. The minimum absolute atomic E-state index is 0.190. The summed E-state index contributed by atoms with van der Waals surface area (Å²) in [7, 11) is 0. The first-order chi connectivity index (χ1) is 12.3. The van der Waals surface area contributed by atoms with Crippen LogP contribution in [0.25, 0.3) is 11.0 Å². The van der Waals surface area contributed by atoms with E-state index in [9.17, 15) is 4.79 Å². The minimum atomic E-state index is -0.312. The number of aromatic nitrogens is 2. The van der Waals surface area contributed by atoms with E-state index in [4.69, 9.17) is 9.47 Å². The number of carbonyl (C=O) groups excluding carboxylic acids is 1. The molecule has 6 heteroatoms. The summed E-state index contributed by atoms with van der Waals surface area (Å²) in [4.78, 5) is 19.9. The number of nitrogens with one attached hydrogen (secondary N) is 2. The summed E-state index contributed by atoms with van der Waals surface area (Å²) in [6.45, 7) is 0.824. The standard InChI is InChI=1S/C19H17N3O3/c23-19(17-11-24-8-9-25-17)22-18(13-4-2-1-3-5-13)14-6-7-15-16(10-14)21-12-20-15/h1-7,10-12,18H,8-9H2,(H,20,21)(H,22,23)/t18-/m1/s1. The number of rotatable bonds is 4. The van der Waals surface area contributed by atoms with Crippen LogP contribution in [-0.2, 0) is 14.3 Å². The molecule has 0 fully saturated rings. The molecule has 1 aromatic heterocycles. The van der Waals surface area contributed by atoms with Gasteiger partial charge in [0.2, 0.25) is 5.76 Å². The van der Waals surface area contributed by atoms with Crippen LogP contribution < -0.4 is 5.32 Å². The Morgan fingerprint density at radius 1 is 1.12 bits per heavy atom. The van der Waals surface area contributed by atoms with Crippen LogP contribution >= 0.6 is 0 Å². The summed E-state index contributed by atoms with van der Waals surface area (Å²) in [5.41, 5.74) is 3.73. The molecule has 4 rings (SSSR count). The molecule has 1 atom stereocenters. The smallest absolute Gasteiger partial charge is 0.290 e. The zero-order valence-electron chi connectivity index (χ0n) is 13.4. The van der Waals surface area contributed by atoms with Gasteiger partial charge in [-0.15, -0.1) is 0 Å². The second-order valence-electron chi connectivity index (χ2n) is 5.70. The fourth-order valence-corrected chi connectivity index (χ4v) is 2.83. The Balaban J connectivity index is 1.68.